The van der Waals surface area contributed by atoms with Gasteiger partial charge in [0.2, 0.25) is 17.7 Å². The quantitative estimate of drug-likeness (QED) is 0.377. The predicted molar refractivity (Wildman–Crippen MR) is 129 cm³/mol. The Morgan fingerprint density at radius 1 is 1.03 bits per heavy atom. The number of nitrogens with zero attached hydrogens (tertiary/aromatic N) is 1. The van der Waals surface area contributed by atoms with E-state index in [1.165, 1.54) is 4.90 Å². The number of carbonyl (C=O) groups is 5. The Morgan fingerprint density at radius 3 is 2.11 bits per heavy atom. The second-order valence-corrected chi connectivity index (χ2v) is 11.4. The minimum absolute atomic E-state index is 0.0640. The smallest absolute Gasteiger partial charge is 0.408 e. The molecule has 0 bridgehead atoms. The molecule has 4 amide bonds. The number of aliphatic carboxylic acids is 1. The molecule has 1 aliphatic rings. The molecule has 1 fully saturated rings. The SMILES string of the molecule is CC(C)C[C@@H](NC(=O)CNC(=O)[C@@H]1CCCN1C(=O)[C@H](NC(=O)OC(C)(C)C)C(C)(C)C)C(=O)O. The Bertz CT molecular complexity index is 799. The van der Waals surface area contributed by atoms with E-state index in [9.17, 15) is 29.1 Å². The number of amides is 4. The summed E-state index contributed by atoms with van der Waals surface area (Å²) in [5.41, 5.74) is -1.39. The topological polar surface area (TPSA) is 154 Å². The van der Waals surface area contributed by atoms with Gasteiger partial charge >= 0.3 is 12.1 Å². The van der Waals surface area contributed by atoms with E-state index >= 15 is 0 Å². The summed E-state index contributed by atoms with van der Waals surface area (Å²) in [5.74, 6) is -2.62. The van der Waals surface area contributed by atoms with Gasteiger partial charge in [-0.3, -0.25) is 14.4 Å². The van der Waals surface area contributed by atoms with Crippen LogP contribution in [0.2, 0.25) is 0 Å². The van der Waals surface area contributed by atoms with E-state index < -0.39 is 65.5 Å². The molecule has 4 N–H and O–H groups in total. The van der Waals surface area contributed by atoms with Crippen molar-refractivity contribution >= 4 is 29.8 Å². The molecule has 0 saturated carbocycles. The van der Waals surface area contributed by atoms with Crippen molar-refractivity contribution in [3.63, 3.8) is 0 Å². The molecule has 0 radical (unpaired) electrons. The van der Waals surface area contributed by atoms with E-state index in [4.69, 9.17) is 4.74 Å². The zero-order valence-corrected chi connectivity index (χ0v) is 22.2. The lowest BCUT2D eigenvalue weighted by Crippen LogP contribution is -2.58. The van der Waals surface area contributed by atoms with Crippen molar-refractivity contribution in [2.45, 2.75) is 98.4 Å². The number of hydrogen-bond acceptors (Lipinski definition) is 6. The Balaban J connectivity index is 2.83. The van der Waals surface area contributed by atoms with Crippen molar-refractivity contribution < 1.29 is 33.8 Å². The molecule has 1 heterocycles. The predicted octanol–water partition coefficient (Wildman–Crippen LogP) is 1.65. The molecule has 0 aliphatic carbocycles. The van der Waals surface area contributed by atoms with Gasteiger partial charge in [-0.25, -0.2) is 9.59 Å². The third-order valence-corrected chi connectivity index (χ3v) is 5.38. The van der Waals surface area contributed by atoms with Gasteiger partial charge in [0.1, 0.15) is 23.7 Å². The maximum Gasteiger partial charge on any atom is 0.408 e. The van der Waals surface area contributed by atoms with Gasteiger partial charge < -0.3 is 30.7 Å². The van der Waals surface area contributed by atoms with Crippen LogP contribution in [0.3, 0.4) is 0 Å². The number of rotatable bonds is 9. The van der Waals surface area contributed by atoms with Gasteiger partial charge in [0.05, 0.1) is 6.54 Å². The Morgan fingerprint density at radius 2 is 1.63 bits per heavy atom. The van der Waals surface area contributed by atoms with Crippen LogP contribution in [0.5, 0.6) is 0 Å². The van der Waals surface area contributed by atoms with Crippen LogP contribution < -0.4 is 16.0 Å². The normalized spacial score (nSPS) is 18.0. The molecular weight excluding hydrogens is 456 g/mol. The maximum absolute atomic E-state index is 13.4. The average Bonchev–Trinajstić information content (AvgIpc) is 3.16. The van der Waals surface area contributed by atoms with Crippen LogP contribution in [0, 0.1) is 11.3 Å². The molecule has 11 heteroatoms. The number of carboxylic acid groups (broad SMARTS) is 1. The molecule has 1 rings (SSSR count). The minimum Gasteiger partial charge on any atom is -0.480 e. The summed E-state index contributed by atoms with van der Waals surface area (Å²) in [5, 5.41) is 16.8. The third kappa shape index (κ3) is 10.1. The first-order valence-corrected chi connectivity index (χ1v) is 12.0. The van der Waals surface area contributed by atoms with Crippen LogP contribution in [-0.4, -0.2) is 76.6 Å². The standard InChI is InChI=1S/C24H42N4O7/c1-14(2)12-15(21(32)33)26-17(29)13-25-19(30)16-10-9-11-28(16)20(31)18(23(3,4)5)27-22(34)35-24(6,7)8/h14-16,18H,9-13H2,1-8H3,(H,25,30)(H,26,29)(H,27,34)(H,32,33)/t15-,16+,18+/m1/s1. The second kappa shape index (κ2) is 12.2. The van der Waals surface area contributed by atoms with Crippen molar-refractivity contribution in [1.29, 1.82) is 0 Å². The number of hydrogen-bond donors (Lipinski definition) is 4. The molecule has 11 nitrogen and oxygen atoms in total. The summed E-state index contributed by atoms with van der Waals surface area (Å²) in [6, 6.07) is -2.77. The van der Waals surface area contributed by atoms with Gasteiger partial charge in [-0.2, -0.15) is 0 Å². The summed E-state index contributed by atoms with van der Waals surface area (Å²) >= 11 is 0. The van der Waals surface area contributed by atoms with Crippen LogP contribution in [-0.2, 0) is 23.9 Å². The van der Waals surface area contributed by atoms with Gasteiger partial charge in [-0.15, -0.1) is 0 Å². The van der Waals surface area contributed by atoms with Gasteiger partial charge in [0.25, 0.3) is 0 Å². The molecular formula is C24H42N4O7. The fourth-order valence-electron chi connectivity index (χ4n) is 3.77. The first-order valence-electron chi connectivity index (χ1n) is 12.0. The lowest BCUT2D eigenvalue weighted by molar-refractivity contribution is -0.143. The maximum atomic E-state index is 13.4. The van der Waals surface area contributed by atoms with Crippen LogP contribution in [0.1, 0.15) is 74.7 Å². The summed E-state index contributed by atoms with van der Waals surface area (Å²) in [6.07, 6.45) is 0.540. The highest BCUT2D eigenvalue weighted by atomic mass is 16.6. The highest BCUT2D eigenvalue weighted by Crippen LogP contribution is 2.26. The largest absolute Gasteiger partial charge is 0.480 e. The van der Waals surface area contributed by atoms with Crippen molar-refractivity contribution in [2.24, 2.45) is 11.3 Å². The van der Waals surface area contributed by atoms with E-state index in [1.54, 1.807) is 41.5 Å². The minimum atomic E-state index is -1.14. The lowest BCUT2D eigenvalue weighted by Gasteiger charge is -2.35. The Labute approximate surface area is 207 Å². The zero-order valence-electron chi connectivity index (χ0n) is 22.2. The average molecular weight is 499 g/mol. The molecule has 200 valence electrons. The van der Waals surface area contributed by atoms with Gasteiger partial charge in [-0.1, -0.05) is 34.6 Å². The van der Waals surface area contributed by atoms with E-state index in [-0.39, 0.29) is 12.3 Å². The van der Waals surface area contributed by atoms with Crippen LogP contribution >= 0.6 is 0 Å². The van der Waals surface area contributed by atoms with Crippen molar-refractivity contribution in [2.75, 3.05) is 13.1 Å². The van der Waals surface area contributed by atoms with Crippen molar-refractivity contribution in [3.05, 3.63) is 0 Å². The number of alkyl carbamates (subject to hydrolysis) is 1. The van der Waals surface area contributed by atoms with E-state index in [2.05, 4.69) is 16.0 Å². The van der Waals surface area contributed by atoms with E-state index in [0.717, 1.165) is 0 Å². The zero-order chi connectivity index (χ0) is 27.1. The Hall–Kier alpha value is -2.85. The molecule has 3 atom stereocenters. The summed E-state index contributed by atoms with van der Waals surface area (Å²) in [6.45, 7) is 14.2. The van der Waals surface area contributed by atoms with E-state index in [0.29, 0.717) is 19.4 Å². The van der Waals surface area contributed by atoms with Crippen LogP contribution in [0.15, 0.2) is 0 Å². The molecule has 0 spiro atoms. The fourth-order valence-corrected chi connectivity index (χ4v) is 3.77. The summed E-state index contributed by atoms with van der Waals surface area (Å²) in [4.78, 5) is 63.6. The number of carbonyl (C=O) groups excluding carboxylic acids is 4. The molecule has 1 saturated heterocycles. The highest BCUT2D eigenvalue weighted by molar-refractivity contribution is 5.94. The molecule has 0 unspecified atom stereocenters. The first kappa shape index (κ1) is 30.2. The Kier molecular flexibility index (Phi) is 10.5. The fraction of sp³-hybridized carbons (Fsp3) is 0.792. The molecule has 0 aromatic heterocycles. The molecule has 0 aromatic rings. The highest BCUT2D eigenvalue weighted by Gasteiger charge is 2.42. The number of ether oxygens (including phenoxy) is 1. The lowest BCUT2D eigenvalue weighted by atomic mass is 9.85. The monoisotopic (exact) mass is 498 g/mol. The molecule has 1 aliphatic heterocycles. The first-order chi connectivity index (χ1) is 15.9. The molecule has 35 heavy (non-hydrogen) atoms. The number of carboxylic acids is 1. The van der Waals surface area contributed by atoms with Crippen LogP contribution in [0.25, 0.3) is 0 Å². The van der Waals surface area contributed by atoms with Gasteiger partial charge in [0.15, 0.2) is 0 Å². The van der Waals surface area contributed by atoms with Gasteiger partial charge in [0, 0.05) is 6.54 Å². The molecule has 0 aromatic carbocycles. The van der Waals surface area contributed by atoms with Crippen LogP contribution in [0.4, 0.5) is 4.79 Å². The van der Waals surface area contributed by atoms with Crippen molar-refractivity contribution in [1.82, 2.24) is 20.9 Å². The third-order valence-electron chi connectivity index (χ3n) is 5.38. The van der Waals surface area contributed by atoms with Gasteiger partial charge in [-0.05, 0) is 51.4 Å². The van der Waals surface area contributed by atoms with E-state index in [1.807, 2.05) is 13.8 Å². The summed E-state index contributed by atoms with van der Waals surface area (Å²) in [7, 11) is 0. The van der Waals surface area contributed by atoms with Crippen molar-refractivity contribution in [3.8, 4) is 0 Å². The second-order valence-electron chi connectivity index (χ2n) is 11.4. The number of likely N-dealkylation sites (tertiary alicyclic amines) is 1. The number of nitrogens with one attached hydrogen (secondary N) is 3. The summed E-state index contributed by atoms with van der Waals surface area (Å²) < 4.78 is 5.30.